The minimum absolute atomic E-state index is 0.0751. The minimum Gasteiger partial charge on any atom is -0.506 e. The molecule has 24 heavy (non-hydrogen) atoms. The Morgan fingerprint density at radius 2 is 2.04 bits per heavy atom. The largest absolute Gasteiger partial charge is 0.506 e. The monoisotopic (exact) mass is 326 g/mol. The first-order valence-corrected chi connectivity index (χ1v) is 7.83. The fourth-order valence-corrected chi connectivity index (χ4v) is 3.58. The van der Waals surface area contributed by atoms with Gasteiger partial charge in [0.2, 0.25) is 0 Å². The van der Waals surface area contributed by atoms with Crippen LogP contribution in [-0.4, -0.2) is 37.0 Å². The van der Waals surface area contributed by atoms with E-state index in [2.05, 4.69) is 9.97 Å². The van der Waals surface area contributed by atoms with Crippen LogP contribution in [0.4, 0.5) is 0 Å². The van der Waals surface area contributed by atoms with Crippen molar-refractivity contribution >= 4 is 16.8 Å². The second-order valence-corrected chi connectivity index (χ2v) is 6.21. The highest BCUT2D eigenvalue weighted by Crippen LogP contribution is 2.34. The minimum atomic E-state index is -0.261. The topological polar surface area (TPSA) is 94.1 Å². The van der Waals surface area contributed by atoms with Crippen molar-refractivity contribution in [3.63, 3.8) is 0 Å². The zero-order chi connectivity index (χ0) is 17.0. The van der Waals surface area contributed by atoms with Gasteiger partial charge >= 0.3 is 5.69 Å². The number of aryl methyl sites for hydroxylation is 2. The molecule has 0 bridgehead atoms. The van der Waals surface area contributed by atoms with Gasteiger partial charge in [0.15, 0.2) is 0 Å². The summed E-state index contributed by atoms with van der Waals surface area (Å²) in [6.45, 7) is 2.74. The van der Waals surface area contributed by atoms with Crippen LogP contribution in [-0.2, 0) is 20.0 Å². The molecule has 0 unspecified atom stereocenters. The highest BCUT2D eigenvalue weighted by molar-refractivity contribution is 6.10. The number of fused-ring (bicyclic) bond motifs is 3. The van der Waals surface area contributed by atoms with Gasteiger partial charge in [-0.2, -0.15) is 0 Å². The maximum atomic E-state index is 13.0. The SMILES string of the molecule is Cc1[nH]c(=O)[nH]c1CN1CCc2c(c3cccc(O)c3n2C)C1=O. The molecule has 1 amide bonds. The number of carbonyl (C=O) groups is 1. The molecule has 1 aliphatic heterocycles. The molecule has 7 nitrogen and oxygen atoms in total. The van der Waals surface area contributed by atoms with Crippen molar-refractivity contribution in [1.29, 1.82) is 0 Å². The molecule has 7 heteroatoms. The van der Waals surface area contributed by atoms with Gasteiger partial charge in [-0.25, -0.2) is 4.79 Å². The van der Waals surface area contributed by atoms with Crippen LogP contribution in [0.1, 0.15) is 27.4 Å². The summed E-state index contributed by atoms with van der Waals surface area (Å²) in [6, 6.07) is 5.24. The summed E-state index contributed by atoms with van der Waals surface area (Å²) in [4.78, 5) is 31.6. The van der Waals surface area contributed by atoms with Gasteiger partial charge in [0.25, 0.3) is 5.91 Å². The van der Waals surface area contributed by atoms with Crippen LogP contribution in [0.2, 0.25) is 0 Å². The van der Waals surface area contributed by atoms with Crippen LogP contribution in [0.25, 0.3) is 10.9 Å². The highest BCUT2D eigenvalue weighted by Gasteiger charge is 2.31. The summed E-state index contributed by atoms with van der Waals surface area (Å²) in [7, 11) is 1.87. The molecule has 0 saturated carbocycles. The first-order valence-electron chi connectivity index (χ1n) is 7.83. The van der Waals surface area contributed by atoms with Crippen molar-refractivity contribution in [3.8, 4) is 5.75 Å². The van der Waals surface area contributed by atoms with E-state index >= 15 is 0 Å². The fraction of sp³-hybridized carbons (Fsp3) is 0.294. The number of aromatic amines is 2. The van der Waals surface area contributed by atoms with Gasteiger partial charge in [0.05, 0.1) is 23.3 Å². The van der Waals surface area contributed by atoms with E-state index in [1.807, 2.05) is 24.6 Å². The van der Waals surface area contributed by atoms with E-state index in [0.29, 0.717) is 30.6 Å². The molecule has 0 saturated heterocycles. The van der Waals surface area contributed by atoms with Crippen LogP contribution < -0.4 is 5.69 Å². The number of rotatable bonds is 2. The van der Waals surface area contributed by atoms with Gasteiger partial charge in [-0.1, -0.05) is 12.1 Å². The van der Waals surface area contributed by atoms with Crippen LogP contribution in [0.5, 0.6) is 5.75 Å². The Kier molecular flexibility index (Phi) is 3.06. The lowest BCUT2D eigenvalue weighted by atomic mass is 10.0. The number of aromatic hydroxyl groups is 1. The number of amides is 1. The zero-order valence-corrected chi connectivity index (χ0v) is 13.5. The van der Waals surface area contributed by atoms with Gasteiger partial charge in [0.1, 0.15) is 5.75 Å². The van der Waals surface area contributed by atoms with Gasteiger partial charge in [-0.3, -0.25) is 4.79 Å². The van der Waals surface area contributed by atoms with E-state index in [0.717, 1.165) is 22.5 Å². The summed E-state index contributed by atoms with van der Waals surface area (Å²) in [5.74, 6) is 0.100. The van der Waals surface area contributed by atoms with E-state index in [1.54, 1.807) is 17.0 Å². The molecule has 3 N–H and O–H groups in total. The Balaban J connectivity index is 1.79. The van der Waals surface area contributed by atoms with Gasteiger partial charge in [-0.15, -0.1) is 0 Å². The first-order chi connectivity index (χ1) is 11.5. The maximum absolute atomic E-state index is 13.0. The Morgan fingerprint density at radius 3 is 2.75 bits per heavy atom. The van der Waals surface area contributed by atoms with E-state index in [4.69, 9.17) is 0 Å². The molecule has 0 aliphatic carbocycles. The van der Waals surface area contributed by atoms with Gasteiger partial charge in [-0.05, 0) is 13.0 Å². The Hall–Kier alpha value is -2.96. The van der Waals surface area contributed by atoms with Gasteiger partial charge < -0.3 is 24.5 Å². The smallest absolute Gasteiger partial charge is 0.323 e. The lowest BCUT2D eigenvalue weighted by Gasteiger charge is -2.27. The van der Waals surface area contributed by atoms with Crippen LogP contribution in [0.15, 0.2) is 23.0 Å². The summed E-state index contributed by atoms with van der Waals surface area (Å²) >= 11 is 0. The third-order valence-electron chi connectivity index (χ3n) is 4.80. The Bertz CT molecular complexity index is 1020. The molecular weight excluding hydrogens is 308 g/mol. The average molecular weight is 326 g/mol. The summed E-state index contributed by atoms with van der Waals surface area (Å²) in [5, 5.41) is 10.9. The number of phenols is 1. The third-order valence-corrected chi connectivity index (χ3v) is 4.80. The molecule has 4 rings (SSSR count). The number of benzene rings is 1. The predicted molar refractivity (Wildman–Crippen MR) is 89.2 cm³/mol. The second kappa shape index (κ2) is 5.02. The summed E-state index contributed by atoms with van der Waals surface area (Å²) < 4.78 is 1.90. The van der Waals surface area contributed by atoms with Crippen molar-refractivity contribution in [2.24, 2.45) is 7.05 Å². The lowest BCUT2D eigenvalue weighted by molar-refractivity contribution is 0.0725. The van der Waals surface area contributed by atoms with E-state index in [-0.39, 0.29) is 17.3 Å². The average Bonchev–Trinajstić information content (AvgIpc) is 3.01. The normalized spacial score (nSPS) is 14.4. The molecule has 0 fully saturated rings. The van der Waals surface area contributed by atoms with E-state index < -0.39 is 0 Å². The zero-order valence-electron chi connectivity index (χ0n) is 13.5. The number of carbonyl (C=O) groups excluding carboxylic acids is 1. The number of nitrogens with zero attached hydrogens (tertiary/aromatic N) is 2. The molecule has 0 radical (unpaired) electrons. The maximum Gasteiger partial charge on any atom is 0.323 e. The van der Waals surface area contributed by atoms with Crippen molar-refractivity contribution in [1.82, 2.24) is 19.4 Å². The van der Waals surface area contributed by atoms with Crippen molar-refractivity contribution in [2.75, 3.05) is 6.54 Å². The second-order valence-electron chi connectivity index (χ2n) is 6.21. The third kappa shape index (κ3) is 1.97. The Labute approximate surface area is 137 Å². The predicted octanol–water partition coefficient (Wildman–Crippen LogP) is 1.41. The number of phenolic OH excluding ortho intramolecular Hbond substituents is 1. The summed E-state index contributed by atoms with van der Waals surface area (Å²) in [6.07, 6.45) is 0.708. The first kappa shape index (κ1) is 14.6. The summed E-state index contributed by atoms with van der Waals surface area (Å²) in [5.41, 5.74) is 3.47. The quantitative estimate of drug-likeness (QED) is 0.664. The number of H-pyrrole nitrogens is 2. The fourth-order valence-electron chi connectivity index (χ4n) is 3.58. The van der Waals surface area contributed by atoms with Crippen LogP contribution in [0, 0.1) is 6.92 Å². The molecule has 3 heterocycles. The number of para-hydroxylation sites is 1. The molecule has 124 valence electrons. The van der Waals surface area contributed by atoms with Crippen molar-refractivity contribution in [3.05, 3.63) is 51.3 Å². The molecule has 1 aromatic carbocycles. The van der Waals surface area contributed by atoms with Crippen LogP contribution >= 0.6 is 0 Å². The number of hydrogen-bond donors (Lipinski definition) is 3. The Morgan fingerprint density at radius 1 is 1.25 bits per heavy atom. The molecule has 2 aromatic heterocycles. The molecule has 3 aromatic rings. The number of aromatic nitrogens is 3. The molecule has 0 atom stereocenters. The molecule has 0 spiro atoms. The van der Waals surface area contributed by atoms with Crippen molar-refractivity contribution in [2.45, 2.75) is 19.9 Å². The number of hydrogen-bond acceptors (Lipinski definition) is 3. The van der Waals surface area contributed by atoms with Crippen LogP contribution in [0.3, 0.4) is 0 Å². The van der Waals surface area contributed by atoms with Gasteiger partial charge in [0, 0.05) is 36.8 Å². The number of nitrogens with one attached hydrogen (secondary N) is 2. The van der Waals surface area contributed by atoms with Crippen molar-refractivity contribution < 1.29 is 9.90 Å². The highest BCUT2D eigenvalue weighted by atomic mass is 16.3. The lowest BCUT2D eigenvalue weighted by Crippen LogP contribution is -2.37. The van der Waals surface area contributed by atoms with E-state index in [1.165, 1.54) is 0 Å². The molecular formula is C17H18N4O3. The number of imidazole rings is 1. The molecule has 1 aliphatic rings. The van der Waals surface area contributed by atoms with E-state index in [9.17, 15) is 14.7 Å². The standard InChI is InChI=1S/C17H18N4O3/c1-9-11(19-17(24)18-9)8-21-7-6-12-14(16(21)23)10-4-3-5-13(22)15(10)20(12)2/h3-5,22H,6-8H2,1-2H3,(H2,18,19,24).